The minimum absolute atomic E-state index is 0.721. The van der Waals surface area contributed by atoms with Gasteiger partial charge in [-0.15, -0.1) is 0 Å². The first-order valence-corrected chi connectivity index (χ1v) is 10.3. The van der Waals surface area contributed by atoms with E-state index in [4.69, 9.17) is 0 Å². The van der Waals surface area contributed by atoms with E-state index < -0.39 is 0 Å². The predicted octanol–water partition coefficient (Wildman–Crippen LogP) is 4.01. The fraction of sp³-hybridized carbons (Fsp3) is 0.286. The van der Waals surface area contributed by atoms with Gasteiger partial charge in [0.2, 0.25) is 0 Å². The van der Waals surface area contributed by atoms with Crippen molar-refractivity contribution in [2.45, 2.75) is 13.5 Å². The second kappa shape index (κ2) is 8.39. The van der Waals surface area contributed by atoms with Crippen molar-refractivity contribution in [3.8, 4) is 11.4 Å². The Morgan fingerprint density at radius 2 is 1.74 bits per heavy atom. The van der Waals surface area contributed by atoms with Crippen LogP contribution in [0.15, 0.2) is 54.9 Å². The van der Waals surface area contributed by atoms with Crippen LogP contribution in [0.2, 0.25) is 0 Å². The van der Waals surface area contributed by atoms with Crippen LogP contribution in [0.25, 0.3) is 11.4 Å². The van der Waals surface area contributed by atoms with Crippen LogP contribution in [-0.4, -0.2) is 39.5 Å². The van der Waals surface area contributed by atoms with Gasteiger partial charge in [-0.1, -0.05) is 12.1 Å². The van der Waals surface area contributed by atoms with Gasteiger partial charge in [-0.05, 0) is 36.8 Å². The zero-order chi connectivity index (χ0) is 18.5. The Labute approximate surface area is 164 Å². The van der Waals surface area contributed by atoms with Crippen LogP contribution < -0.4 is 10.2 Å². The zero-order valence-electron chi connectivity index (χ0n) is 15.4. The summed E-state index contributed by atoms with van der Waals surface area (Å²) < 4.78 is 0. The predicted molar refractivity (Wildman–Crippen MR) is 113 cm³/mol. The molecule has 0 unspecified atom stereocenters. The molecule has 1 aliphatic heterocycles. The van der Waals surface area contributed by atoms with Crippen molar-refractivity contribution in [1.82, 2.24) is 15.0 Å². The molecule has 0 spiro atoms. The van der Waals surface area contributed by atoms with E-state index in [2.05, 4.69) is 49.4 Å². The first-order chi connectivity index (χ1) is 13.3. The van der Waals surface area contributed by atoms with Crippen molar-refractivity contribution < 1.29 is 0 Å². The van der Waals surface area contributed by atoms with Gasteiger partial charge in [0, 0.05) is 66.5 Å². The molecular formula is C21H23N5S. The third-order valence-corrected chi connectivity index (χ3v) is 5.52. The smallest absolute Gasteiger partial charge is 0.161 e. The molecule has 5 nitrogen and oxygen atoms in total. The molecule has 0 saturated carbocycles. The number of aryl methyl sites for hydroxylation is 1. The molecular weight excluding hydrogens is 354 g/mol. The quantitative estimate of drug-likeness (QED) is 0.725. The summed E-state index contributed by atoms with van der Waals surface area (Å²) in [5.41, 5.74) is 4.47. The van der Waals surface area contributed by atoms with Crippen molar-refractivity contribution in [1.29, 1.82) is 0 Å². The highest BCUT2D eigenvalue weighted by atomic mass is 32.2. The first-order valence-electron chi connectivity index (χ1n) is 9.19. The Kier molecular flexibility index (Phi) is 5.53. The lowest BCUT2D eigenvalue weighted by Gasteiger charge is -2.28. The molecule has 27 heavy (non-hydrogen) atoms. The van der Waals surface area contributed by atoms with E-state index in [1.54, 1.807) is 12.4 Å². The summed E-state index contributed by atoms with van der Waals surface area (Å²) in [4.78, 5) is 15.7. The lowest BCUT2D eigenvalue weighted by molar-refractivity contribution is 0.858. The molecule has 3 heterocycles. The van der Waals surface area contributed by atoms with Gasteiger partial charge in [0.1, 0.15) is 5.82 Å². The third kappa shape index (κ3) is 4.57. The van der Waals surface area contributed by atoms with Gasteiger partial charge in [0.05, 0.1) is 0 Å². The van der Waals surface area contributed by atoms with Crippen molar-refractivity contribution in [2.75, 3.05) is 34.8 Å². The van der Waals surface area contributed by atoms with Crippen LogP contribution in [0, 0.1) is 6.92 Å². The molecule has 138 valence electrons. The summed E-state index contributed by atoms with van der Waals surface area (Å²) in [6.45, 7) is 5.01. The maximum Gasteiger partial charge on any atom is 0.161 e. The topological polar surface area (TPSA) is 53.9 Å². The van der Waals surface area contributed by atoms with E-state index in [0.717, 1.165) is 42.5 Å². The maximum atomic E-state index is 4.65. The Morgan fingerprint density at radius 3 is 2.48 bits per heavy atom. The van der Waals surface area contributed by atoms with Crippen LogP contribution >= 0.6 is 11.8 Å². The SMILES string of the molecule is Cc1cc(NCc2ccc(N3CCSCC3)cc2)nc(-c2ccncc2)n1. The van der Waals surface area contributed by atoms with Gasteiger partial charge < -0.3 is 10.2 Å². The Morgan fingerprint density at radius 1 is 1.00 bits per heavy atom. The molecule has 1 aromatic carbocycles. The van der Waals surface area contributed by atoms with Gasteiger partial charge in [0.25, 0.3) is 0 Å². The van der Waals surface area contributed by atoms with E-state index in [0.29, 0.717) is 0 Å². The number of anilines is 2. The number of hydrogen-bond donors (Lipinski definition) is 1. The zero-order valence-corrected chi connectivity index (χ0v) is 16.2. The molecule has 0 radical (unpaired) electrons. The molecule has 1 N–H and O–H groups in total. The summed E-state index contributed by atoms with van der Waals surface area (Å²) in [6, 6.07) is 14.7. The molecule has 0 amide bonds. The number of thioether (sulfide) groups is 1. The number of nitrogens with one attached hydrogen (secondary N) is 1. The molecule has 1 aliphatic rings. The molecule has 1 saturated heterocycles. The van der Waals surface area contributed by atoms with Crippen molar-refractivity contribution >= 4 is 23.3 Å². The molecule has 6 heteroatoms. The molecule has 2 aromatic heterocycles. The fourth-order valence-electron chi connectivity index (χ4n) is 3.13. The number of pyridine rings is 1. The summed E-state index contributed by atoms with van der Waals surface area (Å²) in [7, 11) is 0. The highest BCUT2D eigenvalue weighted by molar-refractivity contribution is 7.99. The minimum atomic E-state index is 0.721. The standard InChI is InChI=1S/C21H23N5S/c1-16-14-20(25-21(24-16)18-6-8-22-9-7-18)23-15-17-2-4-19(5-3-17)26-10-12-27-13-11-26/h2-9,14H,10-13,15H2,1H3,(H,23,24,25). The average Bonchev–Trinajstić information content (AvgIpc) is 2.73. The number of nitrogens with zero attached hydrogens (tertiary/aromatic N) is 4. The van der Waals surface area contributed by atoms with Crippen molar-refractivity contribution in [2.24, 2.45) is 0 Å². The van der Waals surface area contributed by atoms with Gasteiger partial charge in [-0.2, -0.15) is 11.8 Å². The fourth-order valence-corrected chi connectivity index (χ4v) is 4.03. The Hall–Kier alpha value is -2.60. The molecule has 0 bridgehead atoms. The van der Waals surface area contributed by atoms with Crippen molar-refractivity contribution in [3.05, 3.63) is 66.1 Å². The second-order valence-corrected chi connectivity index (χ2v) is 7.80. The van der Waals surface area contributed by atoms with E-state index in [-0.39, 0.29) is 0 Å². The van der Waals surface area contributed by atoms with Gasteiger partial charge >= 0.3 is 0 Å². The molecule has 1 fully saturated rings. The normalized spacial score (nSPS) is 14.2. The van der Waals surface area contributed by atoms with E-state index >= 15 is 0 Å². The summed E-state index contributed by atoms with van der Waals surface area (Å²) in [5, 5.41) is 3.43. The van der Waals surface area contributed by atoms with Crippen LogP contribution in [0.5, 0.6) is 0 Å². The van der Waals surface area contributed by atoms with Crippen LogP contribution in [0.3, 0.4) is 0 Å². The lowest BCUT2D eigenvalue weighted by Crippen LogP contribution is -2.32. The van der Waals surface area contributed by atoms with Crippen molar-refractivity contribution in [3.63, 3.8) is 0 Å². The third-order valence-electron chi connectivity index (χ3n) is 4.58. The van der Waals surface area contributed by atoms with E-state index in [9.17, 15) is 0 Å². The molecule has 0 atom stereocenters. The molecule has 0 aliphatic carbocycles. The van der Waals surface area contributed by atoms with Gasteiger partial charge in [-0.25, -0.2) is 9.97 Å². The van der Waals surface area contributed by atoms with Crippen LogP contribution in [-0.2, 0) is 6.54 Å². The maximum absolute atomic E-state index is 4.65. The van der Waals surface area contributed by atoms with Gasteiger partial charge in [-0.3, -0.25) is 4.98 Å². The number of benzene rings is 1. The van der Waals surface area contributed by atoms with Gasteiger partial charge in [0.15, 0.2) is 5.82 Å². The highest BCUT2D eigenvalue weighted by Crippen LogP contribution is 2.21. The second-order valence-electron chi connectivity index (χ2n) is 6.57. The summed E-state index contributed by atoms with van der Waals surface area (Å²) in [5.74, 6) is 4.00. The summed E-state index contributed by atoms with van der Waals surface area (Å²) >= 11 is 2.04. The summed E-state index contributed by atoms with van der Waals surface area (Å²) in [6.07, 6.45) is 3.52. The number of rotatable bonds is 5. The Balaban J connectivity index is 1.43. The van der Waals surface area contributed by atoms with E-state index in [1.807, 2.05) is 36.9 Å². The molecule has 3 aromatic rings. The average molecular weight is 378 g/mol. The van der Waals surface area contributed by atoms with Crippen LogP contribution in [0.4, 0.5) is 11.5 Å². The Bertz CT molecular complexity index is 877. The first kappa shape index (κ1) is 17.8. The monoisotopic (exact) mass is 377 g/mol. The lowest BCUT2D eigenvalue weighted by atomic mass is 10.2. The minimum Gasteiger partial charge on any atom is -0.370 e. The van der Waals surface area contributed by atoms with Crippen LogP contribution in [0.1, 0.15) is 11.3 Å². The number of aromatic nitrogens is 3. The molecule has 4 rings (SSSR count). The van der Waals surface area contributed by atoms with E-state index in [1.165, 1.54) is 22.8 Å². The largest absolute Gasteiger partial charge is 0.370 e. The highest BCUT2D eigenvalue weighted by Gasteiger charge is 2.11. The number of hydrogen-bond acceptors (Lipinski definition) is 6.